The maximum atomic E-state index is 13.2. The number of rotatable bonds is 39. The van der Waals surface area contributed by atoms with Crippen molar-refractivity contribution >= 4 is 81.5 Å². The molecule has 468 valence electrons. The van der Waals surface area contributed by atoms with Crippen LogP contribution in [0, 0.1) is 13.8 Å². The number of halogens is 6. The number of carbonyl (C=O) groups is 2. The number of unbranched alkanes of at least 4 members (excludes halogenated alkanes) is 30. The molecule has 1 amide bonds. The van der Waals surface area contributed by atoms with Crippen LogP contribution in [0.2, 0.25) is 30.1 Å². The van der Waals surface area contributed by atoms with E-state index >= 15 is 0 Å². The van der Waals surface area contributed by atoms with Crippen molar-refractivity contribution < 1.29 is 14.7 Å². The van der Waals surface area contributed by atoms with Gasteiger partial charge in [0.2, 0.25) is 0 Å². The molecule has 0 fully saturated rings. The van der Waals surface area contributed by atoms with Gasteiger partial charge in [0, 0.05) is 48.9 Å². The Labute approximate surface area is 540 Å². The van der Waals surface area contributed by atoms with E-state index in [1.165, 1.54) is 197 Å². The molecule has 15 heteroatoms. The molecule has 6 aromatic rings. The quantitative estimate of drug-likeness (QED) is 0.0330. The molecule has 2 heterocycles. The van der Waals surface area contributed by atoms with Gasteiger partial charge in [0.05, 0.1) is 32.8 Å². The SMILES string of the molecule is CCCCCCCCCCCCCCCCCCN.CCCCCCCCCCCCCCCCCCNC(=O)c1nn(-c2ccc(Cl)cc2Cl)c(-c2ccc(Cl)cc2)c1C.Cc1c(C(=O)O)nn(-c2ccc(Cl)cc2Cl)c1-c1ccc(Cl)cc1. The normalized spacial score (nSPS) is 11.1. The van der Waals surface area contributed by atoms with Crippen molar-refractivity contribution in [3.8, 4) is 33.9 Å². The zero-order valence-corrected chi connectivity index (χ0v) is 56.1. The van der Waals surface area contributed by atoms with E-state index in [4.69, 9.17) is 80.4 Å². The summed E-state index contributed by atoms with van der Waals surface area (Å²) >= 11 is 37.0. The molecule has 85 heavy (non-hydrogen) atoms. The fourth-order valence-electron chi connectivity index (χ4n) is 10.6. The third-order valence-corrected chi connectivity index (χ3v) is 17.1. The lowest BCUT2D eigenvalue weighted by molar-refractivity contribution is 0.0688. The molecule has 0 spiro atoms. The van der Waals surface area contributed by atoms with Gasteiger partial charge < -0.3 is 16.2 Å². The number of hydrogen-bond acceptors (Lipinski definition) is 5. The van der Waals surface area contributed by atoms with E-state index in [0.29, 0.717) is 65.0 Å². The predicted octanol–water partition coefficient (Wildman–Crippen LogP) is 23.5. The monoisotopic (exact) mass is 1280 g/mol. The highest BCUT2D eigenvalue weighted by Gasteiger charge is 2.25. The number of carbonyl (C=O) groups excluding carboxylic acids is 1. The molecule has 0 aliphatic rings. The van der Waals surface area contributed by atoms with Gasteiger partial charge in [0.1, 0.15) is 0 Å². The molecule has 4 aromatic carbocycles. The Balaban J connectivity index is 0.000000303. The summed E-state index contributed by atoms with van der Waals surface area (Å²) in [5.74, 6) is -1.28. The minimum absolute atomic E-state index is 0.0361. The Morgan fingerprint density at radius 3 is 1.04 bits per heavy atom. The molecular formula is C70H98Cl6N6O3. The number of amides is 1. The van der Waals surface area contributed by atoms with Gasteiger partial charge in [0.25, 0.3) is 5.91 Å². The Morgan fingerprint density at radius 2 is 0.718 bits per heavy atom. The lowest BCUT2D eigenvalue weighted by atomic mass is 10.0. The van der Waals surface area contributed by atoms with Gasteiger partial charge in [-0.25, -0.2) is 14.2 Å². The Morgan fingerprint density at radius 1 is 0.424 bits per heavy atom. The summed E-state index contributed by atoms with van der Waals surface area (Å²) in [6, 6.07) is 24.8. The van der Waals surface area contributed by atoms with Crippen molar-refractivity contribution in [3.63, 3.8) is 0 Å². The van der Waals surface area contributed by atoms with Crippen molar-refractivity contribution in [3.05, 3.63) is 138 Å². The second-order valence-electron chi connectivity index (χ2n) is 22.6. The summed E-state index contributed by atoms with van der Waals surface area (Å²) < 4.78 is 3.24. The van der Waals surface area contributed by atoms with Crippen molar-refractivity contribution in [1.29, 1.82) is 0 Å². The minimum atomic E-state index is -1.11. The van der Waals surface area contributed by atoms with E-state index in [2.05, 4.69) is 24.3 Å². The van der Waals surface area contributed by atoms with Gasteiger partial charge in [-0.1, -0.05) is 300 Å². The lowest BCUT2D eigenvalue weighted by Crippen LogP contribution is -2.25. The fraction of sp³-hybridized carbons (Fsp3) is 0.543. The molecule has 6 rings (SSSR count). The van der Waals surface area contributed by atoms with Crippen LogP contribution in [0.15, 0.2) is 84.9 Å². The molecule has 0 radical (unpaired) electrons. The lowest BCUT2D eigenvalue weighted by Gasteiger charge is -2.11. The number of carboxylic acids is 1. The van der Waals surface area contributed by atoms with Crippen molar-refractivity contribution in [2.24, 2.45) is 5.73 Å². The van der Waals surface area contributed by atoms with Crippen LogP contribution in [0.3, 0.4) is 0 Å². The van der Waals surface area contributed by atoms with Gasteiger partial charge in [-0.15, -0.1) is 0 Å². The number of hydrogen-bond donors (Lipinski definition) is 3. The molecule has 9 nitrogen and oxygen atoms in total. The minimum Gasteiger partial charge on any atom is -0.476 e. The van der Waals surface area contributed by atoms with E-state index in [1.807, 2.05) is 37.3 Å². The summed E-state index contributed by atoms with van der Waals surface area (Å²) in [5.41, 5.74) is 11.5. The molecule has 0 aliphatic heterocycles. The number of carboxylic acid groups (broad SMARTS) is 1. The number of aromatic carboxylic acids is 1. The highest BCUT2D eigenvalue weighted by Crippen LogP contribution is 2.35. The van der Waals surface area contributed by atoms with E-state index in [0.717, 1.165) is 41.8 Å². The highest BCUT2D eigenvalue weighted by molar-refractivity contribution is 6.36. The van der Waals surface area contributed by atoms with Crippen molar-refractivity contribution in [2.45, 2.75) is 233 Å². The zero-order valence-electron chi connectivity index (χ0n) is 51.5. The standard InChI is InChI=1S/C35H48Cl3N3O.C18H39N.C17H11Cl3N2O2/c1-3-4-5-6-7-8-9-10-11-12-13-14-15-16-17-18-25-39-35(42)33-27(2)34(28-19-21-29(36)22-20-28)41(40-33)32-24-23-30(37)26-31(32)38;1-2-3-4-5-6-7-8-9-10-11-12-13-14-15-16-17-18-19;1-9-15(17(23)24)21-22(14-7-6-12(19)8-13(14)20)16(9)10-2-4-11(18)5-3-10/h19-24,26H,3-18,25H2,1-2H3,(H,39,42);2-19H2,1H3;2-8H,1H3,(H,23,24). The van der Waals surface area contributed by atoms with Crippen molar-refractivity contribution in [1.82, 2.24) is 24.9 Å². The Bertz CT molecular complexity index is 2800. The summed E-state index contributed by atoms with van der Waals surface area (Å²) in [4.78, 5) is 24.7. The van der Waals surface area contributed by atoms with Crippen LogP contribution in [-0.2, 0) is 0 Å². The molecule has 0 bridgehead atoms. The second kappa shape index (κ2) is 43.6. The van der Waals surface area contributed by atoms with E-state index in [1.54, 1.807) is 66.2 Å². The Kier molecular flexibility index (Phi) is 37.6. The van der Waals surface area contributed by atoms with Gasteiger partial charge in [-0.3, -0.25) is 4.79 Å². The summed E-state index contributed by atoms with van der Waals surface area (Å²) in [7, 11) is 0. The van der Waals surface area contributed by atoms with Gasteiger partial charge in [-0.2, -0.15) is 10.2 Å². The first-order chi connectivity index (χ1) is 41.2. The number of nitrogens with two attached hydrogens (primary N) is 1. The van der Waals surface area contributed by atoms with E-state index in [9.17, 15) is 14.7 Å². The van der Waals surface area contributed by atoms with Crippen LogP contribution in [-0.4, -0.2) is 49.6 Å². The summed E-state index contributed by atoms with van der Waals surface area (Å²) in [6.07, 6.45) is 44.1. The van der Waals surface area contributed by atoms with Gasteiger partial charge in [-0.05, 0) is 93.9 Å². The van der Waals surface area contributed by atoms with E-state index < -0.39 is 5.97 Å². The van der Waals surface area contributed by atoms with Crippen LogP contribution >= 0.6 is 69.6 Å². The smallest absolute Gasteiger partial charge is 0.356 e. The average molecular weight is 1280 g/mol. The first kappa shape index (κ1) is 73.4. The average Bonchev–Trinajstić information content (AvgIpc) is 2.11. The van der Waals surface area contributed by atoms with Crippen LogP contribution in [0.5, 0.6) is 0 Å². The predicted molar refractivity (Wildman–Crippen MR) is 365 cm³/mol. The number of nitrogens with zero attached hydrogens (tertiary/aromatic N) is 4. The third kappa shape index (κ3) is 27.5. The topological polar surface area (TPSA) is 128 Å². The molecule has 0 unspecified atom stereocenters. The molecule has 0 saturated carbocycles. The van der Waals surface area contributed by atoms with E-state index in [-0.39, 0.29) is 11.6 Å². The molecule has 0 saturated heterocycles. The fourth-order valence-corrected chi connectivity index (χ4v) is 11.8. The maximum absolute atomic E-state index is 13.2. The highest BCUT2D eigenvalue weighted by atomic mass is 35.5. The Hall–Kier alpha value is -4.06. The van der Waals surface area contributed by atoms with Crippen LogP contribution in [0.1, 0.15) is 251 Å². The van der Waals surface area contributed by atoms with Gasteiger partial charge >= 0.3 is 5.97 Å². The van der Waals surface area contributed by atoms with Crippen LogP contribution in [0.25, 0.3) is 33.9 Å². The summed E-state index contributed by atoms with van der Waals surface area (Å²) in [6.45, 7) is 9.71. The number of nitrogens with one attached hydrogen (secondary N) is 1. The molecular weight excluding hydrogens is 1190 g/mol. The molecule has 0 aliphatic carbocycles. The van der Waals surface area contributed by atoms with Crippen molar-refractivity contribution in [2.75, 3.05) is 13.1 Å². The summed E-state index contributed by atoms with van der Waals surface area (Å²) in [5, 5.41) is 24.5. The first-order valence-electron chi connectivity index (χ1n) is 32.1. The van der Waals surface area contributed by atoms with Crippen LogP contribution < -0.4 is 11.1 Å². The number of aromatic nitrogens is 4. The maximum Gasteiger partial charge on any atom is 0.356 e. The number of benzene rings is 4. The zero-order chi connectivity index (χ0) is 61.6. The third-order valence-electron chi connectivity index (χ3n) is 15.5. The van der Waals surface area contributed by atoms with Crippen LogP contribution in [0.4, 0.5) is 0 Å². The largest absolute Gasteiger partial charge is 0.476 e. The molecule has 2 aromatic heterocycles. The molecule has 4 N–H and O–H groups in total. The van der Waals surface area contributed by atoms with Gasteiger partial charge in [0.15, 0.2) is 11.4 Å². The second-order valence-corrected chi connectivity index (χ2v) is 25.2. The first-order valence-corrected chi connectivity index (χ1v) is 34.3. The molecule has 0 atom stereocenters.